The van der Waals surface area contributed by atoms with Crippen LogP contribution in [-0.4, -0.2) is 0 Å². The highest BCUT2D eigenvalue weighted by molar-refractivity contribution is 7.26. The molecule has 10 aromatic carbocycles. The lowest BCUT2D eigenvalue weighted by Crippen LogP contribution is -2.10. The highest BCUT2D eigenvalue weighted by Gasteiger charge is 2.25. The lowest BCUT2D eigenvalue weighted by atomic mass is 9.89. The molecule has 12 rings (SSSR count). The topological polar surface area (TPSA) is 16.4 Å². The van der Waals surface area contributed by atoms with Gasteiger partial charge in [0.1, 0.15) is 11.2 Å². The van der Waals surface area contributed by atoms with Crippen molar-refractivity contribution in [3.63, 3.8) is 0 Å². The predicted molar refractivity (Wildman–Crippen MR) is 253 cm³/mol. The van der Waals surface area contributed by atoms with E-state index < -0.39 is 0 Å². The second kappa shape index (κ2) is 13.6. The van der Waals surface area contributed by atoms with Crippen LogP contribution in [0.3, 0.4) is 0 Å². The van der Waals surface area contributed by atoms with Crippen LogP contribution in [0.4, 0.5) is 17.1 Å². The van der Waals surface area contributed by atoms with Gasteiger partial charge in [-0.3, -0.25) is 0 Å². The summed E-state index contributed by atoms with van der Waals surface area (Å²) in [6.45, 7) is 0. The highest BCUT2D eigenvalue weighted by atomic mass is 32.1. The van der Waals surface area contributed by atoms with Crippen LogP contribution in [0.15, 0.2) is 217 Å². The maximum absolute atomic E-state index is 6.89. The monoisotopic (exact) mass is 769 g/mol. The molecule has 0 saturated heterocycles. The number of anilines is 3. The zero-order valence-corrected chi connectivity index (χ0v) is 32.8. The van der Waals surface area contributed by atoms with Crippen LogP contribution in [-0.2, 0) is 0 Å². The van der Waals surface area contributed by atoms with E-state index in [9.17, 15) is 0 Å². The SMILES string of the molecule is c1ccc(-c2c(-c3ccc(N(c4cccc5c4sc4ccccc45)c4ccc(-c5ccc6ccccc6c5)c5oc6ccccc6c45)cc3)ccc3ccccc23)cc1. The van der Waals surface area contributed by atoms with E-state index in [4.69, 9.17) is 4.42 Å². The summed E-state index contributed by atoms with van der Waals surface area (Å²) in [5.74, 6) is 0. The minimum Gasteiger partial charge on any atom is -0.455 e. The summed E-state index contributed by atoms with van der Waals surface area (Å²) in [6, 6.07) is 76.9. The molecule has 0 aliphatic rings. The van der Waals surface area contributed by atoms with Gasteiger partial charge in [0.05, 0.1) is 21.5 Å². The van der Waals surface area contributed by atoms with Crippen LogP contribution >= 0.6 is 11.3 Å². The van der Waals surface area contributed by atoms with Gasteiger partial charge in [-0.05, 0) is 97.9 Å². The quantitative estimate of drug-likeness (QED) is 0.167. The summed E-state index contributed by atoms with van der Waals surface area (Å²) < 4.78 is 9.42. The van der Waals surface area contributed by atoms with Crippen LogP contribution in [0.1, 0.15) is 0 Å². The molecule has 2 nitrogen and oxygen atoms in total. The second-order valence-corrected chi connectivity index (χ2v) is 16.3. The third-order valence-electron chi connectivity index (χ3n) is 11.9. The summed E-state index contributed by atoms with van der Waals surface area (Å²) >= 11 is 1.85. The Balaban J connectivity index is 1.10. The number of benzene rings is 10. The van der Waals surface area contributed by atoms with Crippen molar-refractivity contribution >= 4 is 92.1 Å². The normalized spacial score (nSPS) is 11.7. The number of para-hydroxylation sites is 1. The number of thiophene rings is 1. The van der Waals surface area contributed by atoms with Gasteiger partial charge in [0.25, 0.3) is 0 Å². The Labute approximate surface area is 345 Å². The standard InChI is InChI=1S/C56H35NOS/c1-2-15-39(16-3-1)53-43-18-7-6-14-37(43)29-32-44(53)38-27-30-42(31-28-38)57(50-22-12-21-47-46-19-9-11-24-52(46)59-56(47)50)49-34-33-45(41-26-25-36-13-4-5-17-40(36)35-41)55-54(49)48-20-8-10-23-51(48)58-55/h1-35H. The van der Waals surface area contributed by atoms with Crippen molar-refractivity contribution in [3.05, 3.63) is 212 Å². The van der Waals surface area contributed by atoms with Crippen molar-refractivity contribution in [3.8, 4) is 33.4 Å². The van der Waals surface area contributed by atoms with Gasteiger partial charge in [-0.15, -0.1) is 11.3 Å². The van der Waals surface area contributed by atoms with E-state index >= 15 is 0 Å². The largest absolute Gasteiger partial charge is 0.455 e. The Morgan fingerprint density at radius 1 is 0.390 bits per heavy atom. The fraction of sp³-hybridized carbons (Fsp3) is 0. The molecule has 0 saturated carbocycles. The number of furan rings is 1. The molecule has 0 N–H and O–H groups in total. The van der Waals surface area contributed by atoms with Gasteiger partial charge in [0.2, 0.25) is 0 Å². The highest BCUT2D eigenvalue weighted by Crippen LogP contribution is 2.50. The van der Waals surface area contributed by atoms with E-state index in [0.29, 0.717) is 0 Å². The molecule has 0 spiro atoms. The Morgan fingerprint density at radius 3 is 1.92 bits per heavy atom. The number of rotatable bonds is 6. The smallest absolute Gasteiger partial charge is 0.145 e. The number of nitrogens with zero attached hydrogens (tertiary/aromatic N) is 1. The molecule has 0 radical (unpaired) electrons. The summed E-state index contributed by atoms with van der Waals surface area (Å²) in [5.41, 5.74) is 12.1. The van der Waals surface area contributed by atoms with Crippen molar-refractivity contribution in [2.45, 2.75) is 0 Å². The average molecular weight is 770 g/mol. The van der Waals surface area contributed by atoms with Gasteiger partial charge in [0.15, 0.2) is 0 Å². The molecule has 2 heterocycles. The third-order valence-corrected chi connectivity index (χ3v) is 13.1. The minimum atomic E-state index is 0.872. The van der Waals surface area contributed by atoms with Gasteiger partial charge < -0.3 is 9.32 Å². The minimum absolute atomic E-state index is 0.872. The number of hydrogen-bond donors (Lipinski definition) is 0. The summed E-state index contributed by atoms with van der Waals surface area (Å²) in [6.07, 6.45) is 0. The molecule has 0 fully saturated rings. The first-order chi connectivity index (χ1) is 29.3. The fourth-order valence-corrected chi connectivity index (χ4v) is 10.3. The first kappa shape index (κ1) is 33.7. The molecular formula is C56H35NOS. The molecule has 0 unspecified atom stereocenters. The summed E-state index contributed by atoms with van der Waals surface area (Å²) in [5, 5.41) is 9.63. The maximum atomic E-state index is 6.89. The van der Waals surface area contributed by atoms with Crippen molar-refractivity contribution < 1.29 is 4.42 Å². The maximum Gasteiger partial charge on any atom is 0.145 e. The van der Waals surface area contributed by atoms with Gasteiger partial charge in [-0.1, -0.05) is 164 Å². The first-order valence-corrected chi connectivity index (χ1v) is 20.9. The number of hydrogen-bond acceptors (Lipinski definition) is 3. The van der Waals surface area contributed by atoms with Crippen molar-refractivity contribution in [1.29, 1.82) is 0 Å². The van der Waals surface area contributed by atoms with Gasteiger partial charge in [0, 0.05) is 32.1 Å². The van der Waals surface area contributed by atoms with E-state index in [-0.39, 0.29) is 0 Å². The fourth-order valence-electron chi connectivity index (χ4n) is 9.12. The Hall–Kier alpha value is -7.46. The number of fused-ring (bicyclic) bond motifs is 8. The molecule has 3 heteroatoms. The van der Waals surface area contributed by atoms with Crippen LogP contribution < -0.4 is 4.90 Å². The zero-order valence-electron chi connectivity index (χ0n) is 32.0. The van der Waals surface area contributed by atoms with Crippen molar-refractivity contribution in [1.82, 2.24) is 0 Å². The summed E-state index contributed by atoms with van der Waals surface area (Å²) in [4.78, 5) is 2.45. The summed E-state index contributed by atoms with van der Waals surface area (Å²) in [7, 11) is 0. The molecule has 0 aliphatic carbocycles. The van der Waals surface area contributed by atoms with E-state index in [1.54, 1.807) is 0 Å². The molecule has 276 valence electrons. The van der Waals surface area contributed by atoms with Crippen LogP contribution in [0, 0.1) is 0 Å². The van der Waals surface area contributed by atoms with Gasteiger partial charge in [-0.2, -0.15) is 0 Å². The van der Waals surface area contributed by atoms with Gasteiger partial charge >= 0.3 is 0 Å². The van der Waals surface area contributed by atoms with Crippen LogP contribution in [0.5, 0.6) is 0 Å². The molecule has 59 heavy (non-hydrogen) atoms. The second-order valence-electron chi connectivity index (χ2n) is 15.2. The molecule has 12 aromatic rings. The molecule has 0 bridgehead atoms. The van der Waals surface area contributed by atoms with Gasteiger partial charge in [-0.25, -0.2) is 0 Å². The third kappa shape index (κ3) is 5.47. The molecule has 0 atom stereocenters. The molecule has 0 amide bonds. The zero-order chi connectivity index (χ0) is 38.9. The van der Waals surface area contributed by atoms with E-state index in [2.05, 4.69) is 217 Å². The molecular weight excluding hydrogens is 735 g/mol. The van der Waals surface area contributed by atoms with Crippen LogP contribution in [0.25, 0.3) is 97.0 Å². The molecule has 2 aromatic heterocycles. The Kier molecular flexibility index (Phi) is 7.75. The van der Waals surface area contributed by atoms with Crippen molar-refractivity contribution in [2.75, 3.05) is 4.90 Å². The average Bonchev–Trinajstić information content (AvgIpc) is 3.89. The first-order valence-electron chi connectivity index (χ1n) is 20.1. The van der Waals surface area contributed by atoms with E-state index in [1.165, 1.54) is 64.0 Å². The lowest BCUT2D eigenvalue weighted by molar-refractivity contribution is 0.670. The van der Waals surface area contributed by atoms with E-state index in [1.807, 2.05) is 11.3 Å². The van der Waals surface area contributed by atoms with Crippen molar-refractivity contribution in [2.24, 2.45) is 0 Å². The lowest BCUT2D eigenvalue weighted by Gasteiger charge is -2.27. The van der Waals surface area contributed by atoms with Crippen LogP contribution in [0.2, 0.25) is 0 Å². The van der Waals surface area contributed by atoms with E-state index in [0.717, 1.165) is 50.1 Å². The Bertz CT molecular complexity index is 3560. The Morgan fingerprint density at radius 2 is 1.05 bits per heavy atom. The molecule has 0 aliphatic heterocycles. The predicted octanol–water partition coefficient (Wildman–Crippen LogP) is 16.7.